The van der Waals surface area contributed by atoms with Gasteiger partial charge in [-0.3, -0.25) is 0 Å². The monoisotopic (exact) mass is 315 g/mol. The number of aryl methyl sites for hydroxylation is 1. The number of nitrogens with two attached hydrogens (primary N) is 1. The number of hydrogen-bond donors (Lipinski definition) is 1. The summed E-state index contributed by atoms with van der Waals surface area (Å²) in [5.41, 5.74) is 10.6. The molecule has 2 atom stereocenters. The predicted molar refractivity (Wildman–Crippen MR) is 83.2 cm³/mol. The zero-order chi connectivity index (χ0) is 13.5. The zero-order valence-corrected chi connectivity index (χ0v) is 12.7. The van der Waals surface area contributed by atoms with Crippen LogP contribution >= 0.6 is 15.9 Å². The van der Waals surface area contributed by atoms with Crippen LogP contribution in [0.4, 0.5) is 0 Å². The lowest BCUT2D eigenvalue weighted by molar-refractivity contribution is 0.370. The summed E-state index contributed by atoms with van der Waals surface area (Å²) in [6, 6.07) is 17.1. The maximum Gasteiger partial charge on any atom is 0.0482 e. The highest BCUT2D eigenvalue weighted by Crippen LogP contribution is 2.44. The van der Waals surface area contributed by atoms with Gasteiger partial charge >= 0.3 is 0 Å². The maximum atomic E-state index is 6.78. The molecule has 2 N–H and O–H groups in total. The Morgan fingerprint density at radius 1 is 1.16 bits per heavy atom. The van der Waals surface area contributed by atoms with Crippen LogP contribution in [-0.2, 0) is 12.0 Å². The summed E-state index contributed by atoms with van der Waals surface area (Å²) in [7, 11) is 0. The molecule has 0 amide bonds. The molecule has 2 aromatic rings. The molecule has 0 aliphatic heterocycles. The van der Waals surface area contributed by atoms with Gasteiger partial charge in [0, 0.05) is 15.9 Å². The molecule has 0 bridgehead atoms. The van der Waals surface area contributed by atoms with Crippen molar-refractivity contribution in [2.75, 3.05) is 0 Å². The van der Waals surface area contributed by atoms with Crippen molar-refractivity contribution in [3.8, 4) is 0 Å². The Balaban J connectivity index is 2.03. The van der Waals surface area contributed by atoms with Crippen molar-refractivity contribution in [2.24, 2.45) is 5.73 Å². The largest absolute Gasteiger partial charge is 0.321 e. The van der Waals surface area contributed by atoms with Gasteiger partial charge in [-0.2, -0.15) is 0 Å². The Kier molecular flexibility index (Phi) is 3.23. The highest BCUT2D eigenvalue weighted by atomic mass is 79.9. The Bertz CT molecular complexity index is 608. The van der Waals surface area contributed by atoms with E-state index >= 15 is 0 Å². The molecular formula is C17H18BrN. The van der Waals surface area contributed by atoms with Gasteiger partial charge < -0.3 is 5.73 Å². The van der Waals surface area contributed by atoms with Gasteiger partial charge in [-0.05, 0) is 41.7 Å². The first-order valence-electron chi connectivity index (χ1n) is 6.74. The van der Waals surface area contributed by atoms with E-state index in [0.29, 0.717) is 5.92 Å². The number of fused-ring (bicyclic) bond motifs is 1. The highest BCUT2D eigenvalue weighted by molar-refractivity contribution is 9.10. The molecule has 0 radical (unpaired) electrons. The summed E-state index contributed by atoms with van der Waals surface area (Å²) >= 11 is 3.55. The first kappa shape index (κ1) is 12.9. The fraction of sp³-hybridized carbons (Fsp3) is 0.294. The summed E-state index contributed by atoms with van der Waals surface area (Å²) < 4.78 is 1.12. The molecular weight excluding hydrogens is 298 g/mol. The minimum absolute atomic E-state index is 0.239. The molecule has 0 unspecified atom stereocenters. The highest BCUT2D eigenvalue weighted by Gasteiger charge is 2.40. The van der Waals surface area contributed by atoms with Gasteiger partial charge in [0.2, 0.25) is 0 Å². The number of benzene rings is 2. The van der Waals surface area contributed by atoms with E-state index in [1.807, 2.05) is 0 Å². The topological polar surface area (TPSA) is 26.0 Å². The van der Waals surface area contributed by atoms with Crippen molar-refractivity contribution in [1.82, 2.24) is 0 Å². The van der Waals surface area contributed by atoms with E-state index < -0.39 is 0 Å². The summed E-state index contributed by atoms with van der Waals surface area (Å²) in [4.78, 5) is 0. The standard InChI is InChI=1S/C17H18BrN/c1-12(14-6-4-7-15(18)11-14)17(19)10-9-13-5-2-3-8-16(13)17/h2-8,11-12H,9-10,19H2,1H3/t12-,17-/m0/s1. The fourth-order valence-electron chi connectivity index (χ4n) is 3.19. The summed E-state index contributed by atoms with van der Waals surface area (Å²) in [6.45, 7) is 2.24. The average molecular weight is 316 g/mol. The molecule has 0 spiro atoms. The molecule has 0 heterocycles. The number of rotatable bonds is 2. The Hall–Kier alpha value is -1.12. The Labute approximate surface area is 123 Å². The van der Waals surface area contributed by atoms with E-state index in [2.05, 4.69) is 71.4 Å². The van der Waals surface area contributed by atoms with Crippen molar-refractivity contribution >= 4 is 15.9 Å². The Morgan fingerprint density at radius 3 is 2.74 bits per heavy atom. The molecule has 1 aliphatic carbocycles. The van der Waals surface area contributed by atoms with Gasteiger partial charge in [0.05, 0.1) is 0 Å². The quantitative estimate of drug-likeness (QED) is 0.875. The third-order valence-corrected chi connectivity index (χ3v) is 4.94. The first-order valence-corrected chi connectivity index (χ1v) is 7.53. The van der Waals surface area contributed by atoms with Crippen LogP contribution < -0.4 is 5.73 Å². The maximum absolute atomic E-state index is 6.78. The molecule has 19 heavy (non-hydrogen) atoms. The van der Waals surface area contributed by atoms with Crippen molar-refractivity contribution in [2.45, 2.75) is 31.2 Å². The van der Waals surface area contributed by atoms with E-state index in [1.54, 1.807) is 0 Å². The van der Waals surface area contributed by atoms with Crippen LogP contribution in [-0.4, -0.2) is 0 Å². The van der Waals surface area contributed by atoms with E-state index in [9.17, 15) is 0 Å². The van der Waals surface area contributed by atoms with Crippen LogP contribution in [0, 0.1) is 0 Å². The SMILES string of the molecule is C[C@@H](c1cccc(Br)c1)[C@@]1(N)CCc2ccccc21. The molecule has 0 saturated heterocycles. The van der Waals surface area contributed by atoms with Crippen molar-refractivity contribution in [3.05, 3.63) is 69.7 Å². The minimum Gasteiger partial charge on any atom is -0.321 e. The second-order valence-corrected chi connectivity index (χ2v) is 6.39. The summed E-state index contributed by atoms with van der Waals surface area (Å²) in [5.74, 6) is 0.314. The van der Waals surface area contributed by atoms with Gasteiger partial charge in [0.25, 0.3) is 0 Å². The second-order valence-electron chi connectivity index (χ2n) is 5.47. The van der Waals surface area contributed by atoms with Gasteiger partial charge in [0.15, 0.2) is 0 Å². The average Bonchev–Trinajstić information content (AvgIpc) is 2.77. The number of hydrogen-bond acceptors (Lipinski definition) is 1. The molecule has 2 aromatic carbocycles. The minimum atomic E-state index is -0.239. The van der Waals surface area contributed by atoms with Crippen molar-refractivity contribution in [1.29, 1.82) is 0 Å². The van der Waals surface area contributed by atoms with E-state index in [4.69, 9.17) is 5.73 Å². The summed E-state index contributed by atoms with van der Waals surface area (Å²) in [5, 5.41) is 0. The van der Waals surface area contributed by atoms with E-state index in [1.165, 1.54) is 16.7 Å². The molecule has 3 rings (SSSR count). The van der Waals surface area contributed by atoms with Crippen LogP contribution in [0.25, 0.3) is 0 Å². The van der Waals surface area contributed by atoms with E-state index in [-0.39, 0.29) is 5.54 Å². The van der Waals surface area contributed by atoms with Gasteiger partial charge in [0.1, 0.15) is 0 Å². The van der Waals surface area contributed by atoms with Crippen LogP contribution in [0.3, 0.4) is 0 Å². The lowest BCUT2D eigenvalue weighted by Gasteiger charge is -2.33. The molecule has 2 heteroatoms. The molecule has 98 valence electrons. The first-order chi connectivity index (χ1) is 9.11. The zero-order valence-electron chi connectivity index (χ0n) is 11.1. The normalized spacial score (nSPS) is 23.1. The van der Waals surface area contributed by atoms with Crippen LogP contribution in [0.15, 0.2) is 53.0 Å². The summed E-state index contributed by atoms with van der Waals surface area (Å²) in [6.07, 6.45) is 2.12. The predicted octanol–water partition coefficient (Wildman–Crippen LogP) is 4.35. The smallest absolute Gasteiger partial charge is 0.0482 e. The third-order valence-electron chi connectivity index (χ3n) is 4.45. The molecule has 0 saturated carbocycles. The molecule has 1 nitrogen and oxygen atoms in total. The lowest BCUT2D eigenvalue weighted by Crippen LogP contribution is -2.39. The van der Waals surface area contributed by atoms with Crippen LogP contribution in [0.2, 0.25) is 0 Å². The second kappa shape index (κ2) is 4.77. The molecule has 0 fully saturated rings. The van der Waals surface area contributed by atoms with Crippen LogP contribution in [0.1, 0.15) is 36.0 Å². The van der Waals surface area contributed by atoms with Gasteiger partial charge in [-0.25, -0.2) is 0 Å². The van der Waals surface area contributed by atoms with E-state index in [0.717, 1.165) is 17.3 Å². The van der Waals surface area contributed by atoms with Crippen LogP contribution in [0.5, 0.6) is 0 Å². The van der Waals surface area contributed by atoms with Gasteiger partial charge in [-0.1, -0.05) is 59.3 Å². The van der Waals surface area contributed by atoms with Crippen molar-refractivity contribution < 1.29 is 0 Å². The molecule has 0 aromatic heterocycles. The van der Waals surface area contributed by atoms with Gasteiger partial charge in [-0.15, -0.1) is 0 Å². The number of halogens is 1. The molecule has 1 aliphatic rings. The fourth-order valence-corrected chi connectivity index (χ4v) is 3.61. The lowest BCUT2D eigenvalue weighted by atomic mass is 9.77. The Morgan fingerprint density at radius 2 is 1.95 bits per heavy atom. The third kappa shape index (κ3) is 2.13. The van der Waals surface area contributed by atoms with Crippen molar-refractivity contribution in [3.63, 3.8) is 0 Å².